The van der Waals surface area contributed by atoms with Crippen molar-refractivity contribution in [3.05, 3.63) is 33.9 Å². The number of nitrogens with zero attached hydrogens (tertiary/aromatic N) is 3. The molecular formula is C11H12N4O2. The van der Waals surface area contributed by atoms with E-state index in [-0.39, 0.29) is 28.7 Å². The molecule has 2 heterocycles. The smallest absolute Gasteiger partial charge is 0.258 e. The molecule has 2 aromatic heterocycles. The molecule has 0 fully saturated rings. The van der Waals surface area contributed by atoms with Crippen molar-refractivity contribution < 1.29 is 5.11 Å². The Kier molecular flexibility index (Phi) is 2.86. The van der Waals surface area contributed by atoms with Crippen LogP contribution >= 0.6 is 0 Å². The number of aromatic hydroxyl groups is 1. The first kappa shape index (κ1) is 11.3. The van der Waals surface area contributed by atoms with Crippen molar-refractivity contribution in [3.8, 4) is 17.5 Å². The Bertz CT molecular complexity index is 589. The van der Waals surface area contributed by atoms with Crippen LogP contribution in [0.1, 0.15) is 18.1 Å². The molecule has 0 aliphatic carbocycles. The molecule has 2 aromatic rings. The fraction of sp³-hybridized carbons (Fsp3) is 0.273. The van der Waals surface area contributed by atoms with Crippen LogP contribution in [0.3, 0.4) is 0 Å². The number of rotatable bonds is 2. The van der Waals surface area contributed by atoms with E-state index in [0.717, 1.165) is 5.56 Å². The van der Waals surface area contributed by atoms with E-state index >= 15 is 0 Å². The number of aromatic nitrogens is 4. The van der Waals surface area contributed by atoms with Crippen molar-refractivity contribution in [2.75, 3.05) is 0 Å². The quantitative estimate of drug-likeness (QED) is 0.799. The van der Waals surface area contributed by atoms with E-state index in [9.17, 15) is 9.90 Å². The molecule has 6 heteroatoms. The zero-order valence-corrected chi connectivity index (χ0v) is 9.56. The normalized spacial score (nSPS) is 10.5. The van der Waals surface area contributed by atoms with Crippen molar-refractivity contribution in [3.63, 3.8) is 0 Å². The van der Waals surface area contributed by atoms with Crippen LogP contribution in [0.4, 0.5) is 0 Å². The molecule has 0 unspecified atom stereocenters. The summed E-state index contributed by atoms with van der Waals surface area (Å²) in [5.74, 6) is 0.186. The van der Waals surface area contributed by atoms with Crippen molar-refractivity contribution >= 4 is 0 Å². The minimum absolute atomic E-state index is 0.171. The maximum atomic E-state index is 11.6. The standard InChI is InChI=1S/C11H12N4O2/c1-3-7-10(16)14-9(15-11(7)17)8-12-4-6(2)5-13-8/h4-5H,3H2,1-2H3,(H2,14,15,16,17). The summed E-state index contributed by atoms with van der Waals surface area (Å²) in [4.78, 5) is 26.1. The van der Waals surface area contributed by atoms with Gasteiger partial charge in [-0.25, -0.2) is 9.97 Å². The molecule has 2 rings (SSSR count). The average molecular weight is 232 g/mol. The molecule has 0 saturated carbocycles. The van der Waals surface area contributed by atoms with E-state index in [4.69, 9.17) is 0 Å². The fourth-order valence-corrected chi connectivity index (χ4v) is 1.43. The van der Waals surface area contributed by atoms with E-state index in [0.29, 0.717) is 6.42 Å². The minimum atomic E-state index is -0.362. The molecule has 0 saturated heterocycles. The van der Waals surface area contributed by atoms with Gasteiger partial charge in [0.25, 0.3) is 5.56 Å². The summed E-state index contributed by atoms with van der Waals surface area (Å²) in [7, 11) is 0. The Morgan fingerprint density at radius 3 is 2.53 bits per heavy atom. The predicted molar refractivity (Wildman–Crippen MR) is 61.7 cm³/mol. The SMILES string of the molecule is CCc1c(O)nc(-c2ncc(C)cn2)[nH]c1=O. The lowest BCUT2D eigenvalue weighted by Gasteiger charge is -2.03. The van der Waals surface area contributed by atoms with Crippen LogP contribution in [-0.4, -0.2) is 25.0 Å². The lowest BCUT2D eigenvalue weighted by atomic mass is 10.2. The fourth-order valence-electron chi connectivity index (χ4n) is 1.43. The van der Waals surface area contributed by atoms with Gasteiger partial charge in [0.1, 0.15) is 0 Å². The Labute approximate surface area is 97.4 Å². The number of nitrogens with one attached hydrogen (secondary N) is 1. The van der Waals surface area contributed by atoms with Gasteiger partial charge in [0, 0.05) is 12.4 Å². The summed E-state index contributed by atoms with van der Waals surface area (Å²) in [5.41, 5.74) is 0.811. The van der Waals surface area contributed by atoms with Gasteiger partial charge in [-0.05, 0) is 18.9 Å². The molecule has 2 N–H and O–H groups in total. The Morgan fingerprint density at radius 2 is 2.00 bits per heavy atom. The van der Waals surface area contributed by atoms with Crippen molar-refractivity contribution in [1.29, 1.82) is 0 Å². The molecule has 0 amide bonds. The number of hydrogen-bond donors (Lipinski definition) is 2. The molecule has 0 aromatic carbocycles. The molecular weight excluding hydrogens is 220 g/mol. The maximum absolute atomic E-state index is 11.6. The van der Waals surface area contributed by atoms with Crippen LogP contribution in [0.2, 0.25) is 0 Å². The topological polar surface area (TPSA) is 91.8 Å². The second-order valence-corrected chi connectivity index (χ2v) is 3.65. The Morgan fingerprint density at radius 1 is 1.35 bits per heavy atom. The summed E-state index contributed by atoms with van der Waals surface area (Å²) in [6, 6.07) is 0. The third-order valence-electron chi connectivity index (χ3n) is 2.34. The van der Waals surface area contributed by atoms with Crippen LogP contribution in [0.15, 0.2) is 17.2 Å². The Hall–Kier alpha value is -2.24. The van der Waals surface area contributed by atoms with Crippen LogP contribution < -0.4 is 5.56 Å². The summed E-state index contributed by atoms with van der Waals surface area (Å²) in [5, 5.41) is 9.60. The highest BCUT2D eigenvalue weighted by Crippen LogP contribution is 2.14. The van der Waals surface area contributed by atoms with Crippen LogP contribution in [-0.2, 0) is 6.42 Å². The van der Waals surface area contributed by atoms with Gasteiger partial charge < -0.3 is 10.1 Å². The van der Waals surface area contributed by atoms with E-state index in [2.05, 4.69) is 19.9 Å². The van der Waals surface area contributed by atoms with Crippen LogP contribution in [0.5, 0.6) is 5.88 Å². The first-order chi connectivity index (χ1) is 8.11. The second kappa shape index (κ2) is 4.32. The van der Waals surface area contributed by atoms with E-state index in [1.807, 2.05) is 6.92 Å². The molecule has 0 atom stereocenters. The molecule has 0 aliphatic rings. The van der Waals surface area contributed by atoms with Gasteiger partial charge in [-0.2, -0.15) is 4.98 Å². The highest BCUT2D eigenvalue weighted by atomic mass is 16.3. The molecule has 88 valence electrons. The van der Waals surface area contributed by atoms with Gasteiger partial charge in [-0.3, -0.25) is 4.79 Å². The van der Waals surface area contributed by atoms with Crippen molar-refractivity contribution in [2.45, 2.75) is 20.3 Å². The average Bonchev–Trinajstić information content (AvgIpc) is 2.29. The molecule has 0 aliphatic heterocycles. The number of aromatic amines is 1. The minimum Gasteiger partial charge on any atom is -0.493 e. The van der Waals surface area contributed by atoms with Gasteiger partial charge in [-0.1, -0.05) is 6.92 Å². The first-order valence-corrected chi connectivity index (χ1v) is 5.23. The molecule has 17 heavy (non-hydrogen) atoms. The molecule has 6 nitrogen and oxygen atoms in total. The van der Waals surface area contributed by atoms with Gasteiger partial charge >= 0.3 is 0 Å². The summed E-state index contributed by atoms with van der Waals surface area (Å²) in [6.07, 6.45) is 3.66. The lowest BCUT2D eigenvalue weighted by Crippen LogP contribution is -2.15. The zero-order chi connectivity index (χ0) is 12.4. The maximum Gasteiger partial charge on any atom is 0.258 e. The number of hydrogen-bond acceptors (Lipinski definition) is 5. The monoisotopic (exact) mass is 232 g/mol. The highest BCUT2D eigenvalue weighted by Gasteiger charge is 2.11. The zero-order valence-electron chi connectivity index (χ0n) is 9.56. The van der Waals surface area contributed by atoms with Crippen LogP contribution in [0, 0.1) is 6.92 Å². The van der Waals surface area contributed by atoms with E-state index in [1.54, 1.807) is 19.3 Å². The first-order valence-electron chi connectivity index (χ1n) is 5.23. The summed E-state index contributed by atoms with van der Waals surface area (Å²) < 4.78 is 0. The second-order valence-electron chi connectivity index (χ2n) is 3.65. The predicted octanol–water partition coefficient (Wildman–Crippen LogP) is 0.803. The molecule has 0 radical (unpaired) electrons. The number of H-pyrrole nitrogens is 1. The van der Waals surface area contributed by atoms with Crippen molar-refractivity contribution in [2.24, 2.45) is 0 Å². The van der Waals surface area contributed by atoms with Crippen LogP contribution in [0.25, 0.3) is 11.6 Å². The van der Waals surface area contributed by atoms with Crippen molar-refractivity contribution in [1.82, 2.24) is 19.9 Å². The summed E-state index contributed by atoms with van der Waals surface area (Å²) in [6.45, 7) is 3.63. The van der Waals surface area contributed by atoms with Gasteiger partial charge in [0.2, 0.25) is 5.88 Å². The Balaban J connectivity index is 2.54. The van der Waals surface area contributed by atoms with E-state index in [1.165, 1.54) is 0 Å². The highest BCUT2D eigenvalue weighted by molar-refractivity contribution is 5.44. The third kappa shape index (κ3) is 2.15. The van der Waals surface area contributed by atoms with Gasteiger partial charge in [0.05, 0.1) is 5.56 Å². The van der Waals surface area contributed by atoms with Gasteiger partial charge in [-0.15, -0.1) is 0 Å². The lowest BCUT2D eigenvalue weighted by molar-refractivity contribution is 0.444. The third-order valence-corrected chi connectivity index (χ3v) is 2.34. The van der Waals surface area contributed by atoms with Gasteiger partial charge in [0.15, 0.2) is 11.6 Å². The van der Waals surface area contributed by atoms with E-state index < -0.39 is 0 Å². The summed E-state index contributed by atoms with van der Waals surface area (Å²) >= 11 is 0. The number of aryl methyl sites for hydroxylation is 1. The molecule has 0 spiro atoms. The molecule has 0 bridgehead atoms. The largest absolute Gasteiger partial charge is 0.493 e.